The van der Waals surface area contributed by atoms with E-state index in [1.807, 2.05) is 11.3 Å². The molecule has 0 amide bonds. The van der Waals surface area contributed by atoms with Gasteiger partial charge in [0, 0.05) is 28.5 Å². The maximum Gasteiger partial charge on any atom is 0.0345 e. The Balaban J connectivity index is 1.70. The lowest BCUT2D eigenvalue weighted by molar-refractivity contribution is 0.248. The molecule has 1 saturated carbocycles. The normalized spacial score (nSPS) is 15.6. The minimum absolute atomic E-state index is 0.809. The van der Waals surface area contributed by atoms with Gasteiger partial charge >= 0.3 is 0 Å². The third kappa shape index (κ3) is 2.99. The average molecular weight is 328 g/mol. The second kappa shape index (κ2) is 5.22. The van der Waals surface area contributed by atoms with E-state index in [-0.39, 0.29) is 0 Å². The molecule has 0 N–H and O–H groups in total. The zero-order valence-electron chi connectivity index (χ0n) is 9.43. The van der Waals surface area contributed by atoms with E-state index in [9.17, 15) is 0 Å². The van der Waals surface area contributed by atoms with Gasteiger partial charge in [-0.1, -0.05) is 0 Å². The molecular formula is C13H14BrNS2. The maximum atomic E-state index is 3.63. The quantitative estimate of drug-likeness (QED) is 0.766. The van der Waals surface area contributed by atoms with Gasteiger partial charge in [-0.25, -0.2) is 0 Å². The molecule has 0 spiro atoms. The van der Waals surface area contributed by atoms with Crippen molar-refractivity contribution in [3.8, 4) is 0 Å². The van der Waals surface area contributed by atoms with Gasteiger partial charge in [-0.15, -0.1) is 11.3 Å². The van der Waals surface area contributed by atoms with E-state index in [2.05, 4.69) is 49.1 Å². The largest absolute Gasteiger partial charge is 0.291 e. The van der Waals surface area contributed by atoms with Crippen LogP contribution in [-0.4, -0.2) is 10.9 Å². The number of halogens is 1. The molecule has 2 aromatic rings. The Morgan fingerprint density at radius 1 is 1.24 bits per heavy atom. The van der Waals surface area contributed by atoms with Gasteiger partial charge in [0.25, 0.3) is 0 Å². The van der Waals surface area contributed by atoms with Crippen molar-refractivity contribution in [1.29, 1.82) is 0 Å². The van der Waals surface area contributed by atoms with Crippen LogP contribution >= 0.6 is 38.6 Å². The number of thiophene rings is 2. The molecule has 2 aromatic heterocycles. The first-order valence-electron chi connectivity index (χ1n) is 5.80. The minimum atomic E-state index is 0.809. The second-order valence-electron chi connectivity index (χ2n) is 4.46. The summed E-state index contributed by atoms with van der Waals surface area (Å²) in [6, 6.07) is 5.20. The van der Waals surface area contributed by atoms with Crippen LogP contribution in [0.15, 0.2) is 32.7 Å². The number of nitrogens with zero attached hydrogens (tertiary/aromatic N) is 1. The van der Waals surface area contributed by atoms with E-state index < -0.39 is 0 Å². The topological polar surface area (TPSA) is 3.24 Å². The first-order valence-corrected chi connectivity index (χ1v) is 8.41. The fourth-order valence-electron chi connectivity index (χ4n) is 1.99. The minimum Gasteiger partial charge on any atom is -0.291 e. The van der Waals surface area contributed by atoms with Crippen molar-refractivity contribution in [3.63, 3.8) is 0 Å². The smallest absolute Gasteiger partial charge is 0.0345 e. The summed E-state index contributed by atoms with van der Waals surface area (Å²) in [4.78, 5) is 4.06. The Kier molecular flexibility index (Phi) is 3.66. The molecule has 0 bridgehead atoms. The van der Waals surface area contributed by atoms with Gasteiger partial charge in [-0.05, 0) is 62.6 Å². The summed E-state index contributed by atoms with van der Waals surface area (Å²) in [5.74, 6) is 0. The molecule has 0 radical (unpaired) electrons. The Morgan fingerprint density at radius 3 is 2.71 bits per heavy atom. The second-order valence-corrected chi connectivity index (χ2v) is 7.09. The van der Waals surface area contributed by atoms with Gasteiger partial charge in [0.15, 0.2) is 0 Å². The van der Waals surface area contributed by atoms with Crippen LogP contribution in [0.1, 0.15) is 23.3 Å². The lowest BCUT2D eigenvalue weighted by atomic mass is 10.3. The van der Waals surface area contributed by atoms with E-state index in [4.69, 9.17) is 0 Å². The molecular weight excluding hydrogens is 314 g/mol. The molecule has 0 atom stereocenters. The molecule has 1 nitrogen and oxygen atoms in total. The summed E-state index contributed by atoms with van der Waals surface area (Å²) in [7, 11) is 0. The summed E-state index contributed by atoms with van der Waals surface area (Å²) < 4.78 is 1.26. The van der Waals surface area contributed by atoms with Gasteiger partial charge in [0.2, 0.25) is 0 Å². The molecule has 1 fully saturated rings. The lowest BCUT2D eigenvalue weighted by Crippen LogP contribution is -2.24. The molecule has 90 valence electrons. The van der Waals surface area contributed by atoms with Crippen LogP contribution < -0.4 is 0 Å². The molecule has 4 heteroatoms. The van der Waals surface area contributed by atoms with E-state index in [0.717, 1.165) is 19.1 Å². The lowest BCUT2D eigenvalue weighted by Gasteiger charge is -2.21. The Morgan fingerprint density at radius 2 is 2.12 bits per heavy atom. The van der Waals surface area contributed by atoms with Crippen LogP contribution in [0.4, 0.5) is 0 Å². The Hall–Kier alpha value is -0.160. The van der Waals surface area contributed by atoms with Crippen molar-refractivity contribution < 1.29 is 0 Å². The van der Waals surface area contributed by atoms with Crippen LogP contribution in [-0.2, 0) is 13.1 Å². The highest BCUT2D eigenvalue weighted by atomic mass is 79.9. The van der Waals surface area contributed by atoms with Crippen molar-refractivity contribution in [2.75, 3.05) is 0 Å². The highest BCUT2D eigenvalue weighted by Crippen LogP contribution is 2.33. The van der Waals surface area contributed by atoms with Crippen molar-refractivity contribution in [2.45, 2.75) is 32.0 Å². The Bertz CT molecular complexity index is 473. The molecule has 1 aliphatic rings. The van der Waals surface area contributed by atoms with E-state index in [1.165, 1.54) is 27.8 Å². The van der Waals surface area contributed by atoms with E-state index in [0.29, 0.717) is 0 Å². The summed E-state index contributed by atoms with van der Waals surface area (Å²) >= 11 is 7.27. The van der Waals surface area contributed by atoms with E-state index >= 15 is 0 Å². The van der Waals surface area contributed by atoms with Crippen molar-refractivity contribution in [1.82, 2.24) is 4.90 Å². The van der Waals surface area contributed by atoms with Crippen molar-refractivity contribution >= 4 is 38.6 Å². The summed E-state index contributed by atoms with van der Waals surface area (Å²) in [5, 5.41) is 6.59. The number of hydrogen-bond acceptors (Lipinski definition) is 3. The first-order chi connectivity index (χ1) is 8.33. The van der Waals surface area contributed by atoms with Crippen LogP contribution in [0.2, 0.25) is 0 Å². The molecule has 3 rings (SSSR count). The molecule has 17 heavy (non-hydrogen) atoms. The number of hydrogen-bond donors (Lipinski definition) is 0. The summed E-state index contributed by atoms with van der Waals surface area (Å²) in [6.07, 6.45) is 2.74. The summed E-state index contributed by atoms with van der Waals surface area (Å²) in [6.45, 7) is 2.18. The predicted molar refractivity (Wildman–Crippen MR) is 78.6 cm³/mol. The zero-order chi connectivity index (χ0) is 11.7. The molecule has 0 aromatic carbocycles. The Labute approximate surface area is 118 Å². The molecule has 0 aliphatic heterocycles. The summed E-state index contributed by atoms with van der Waals surface area (Å²) in [5.41, 5.74) is 1.45. The van der Waals surface area contributed by atoms with Crippen LogP contribution in [0.3, 0.4) is 0 Å². The van der Waals surface area contributed by atoms with Crippen LogP contribution in [0.25, 0.3) is 0 Å². The van der Waals surface area contributed by atoms with Crippen LogP contribution in [0, 0.1) is 0 Å². The number of rotatable bonds is 5. The highest BCUT2D eigenvalue weighted by Gasteiger charge is 2.29. The van der Waals surface area contributed by atoms with E-state index in [1.54, 1.807) is 11.3 Å². The third-order valence-corrected chi connectivity index (χ3v) is 5.71. The molecule has 0 saturated heterocycles. The van der Waals surface area contributed by atoms with Gasteiger partial charge in [-0.3, -0.25) is 4.90 Å². The maximum absolute atomic E-state index is 3.63. The van der Waals surface area contributed by atoms with Gasteiger partial charge in [0.1, 0.15) is 0 Å². The fourth-order valence-corrected chi connectivity index (χ4v) is 4.16. The monoisotopic (exact) mass is 327 g/mol. The fraction of sp³-hybridized carbons (Fsp3) is 0.385. The third-order valence-electron chi connectivity index (χ3n) is 3.07. The molecule has 2 heterocycles. The van der Waals surface area contributed by atoms with Gasteiger partial charge in [0.05, 0.1) is 0 Å². The highest BCUT2D eigenvalue weighted by molar-refractivity contribution is 9.10. The standard InChI is InChI=1S/C13H14BrNS2/c14-12-4-6-17-13(12)8-15(11-1-2-11)7-10-3-5-16-9-10/h3-6,9,11H,1-2,7-8H2. The average Bonchev–Trinajstić information content (AvgIpc) is 2.91. The molecule has 1 aliphatic carbocycles. The SMILES string of the molecule is Brc1ccsc1CN(Cc1ccsc1)C1CC1. The predicted octanol–water partition coefficient (Wildman–Crippen LogP) is 4.74. The van der Waals surface area contributed by atoms with Crippen LogP contribution in [0.5, 0.6) is 0 Å². The zero-order valence-corrected chi connectivity index (χ0v) is 12.7. The first kappa shape index (κ1) is 11.9. The van der Waals surface area contributed by atoms with Gasteiger partial charge in [-0.2, -0.15) is 11.3 Å². The van der Waals surface area contributed by atoms with Gasteiger partial charge < -0.3 is 0 Å². The van der Waals surface area contributed by atoms with Crippen molar-refractivity contribution in [2.24, 2.45) is 0 Å². The molecule has 0 unspecified atom stereocenters. The van der Waals surface area contributed by atoms with Crippen molar-refractivity contribution in [3.05, 3.63) is 43.2 Å².